The van der Waals surface area contributed by atoms with Crippen LogP contribution in [0.25, 0.3) is 0 Å². The molecule has 0 aliphatic carbocycles. The molecule has 2 fully saturated rings. The molecule has 0 saturated carbocycles. The van der Waals surface area contributed by atoms with Crippen LogP contribution in [-0.4, -0.2) is 47.7 Å². The summed E-state index contributed by atoms with van der Waals surface area (Å²) in [5.74, 6) is -0.0332. The Balaban J connectivity index is 1.95. The third kappa shape index (κ3) is 1.77. The molecule has 2 aliphatic rings. The summed E-state index contributed by atoms with van der Waals surface area (Å²) in [5.41, 5.74) is 0. The van der Waals surface area contributed by atoms with Crippen LogP contribution in [0.3, 0.4) is 0 Å². The standard InChI is InChI=1S/C10H18N2O2/c1-7(10(13)14)12-5-8-3-2-4-11-9(8)6-12/h7-9,11H,2-6H2,1H3,(H,13,14)/t7?,8-,9+/m0/s1. The largest absolute Gasteiger partial charge is 0.480 e. The highest BCUT2D eigenvalue weighted by Crippen LogP contribution is 2.26. The van der Waals surface area contributed by atoms with Crippen molar-refractivity contribution in [3.8, 4) is 0 Å². The molecule has 0 radical (unpaired) electrons. The first-order chi connectivity index (χ1) is 6.68. The average Bonchev–Trinajstić information content (AvgIpc) is 2.59. The number of carboxylic acid groups (broad SMARTS) is 1. The maximum Gasteiger partial charge on any atom is 0.320 e. The molecule has 2 rings (SSSR count). The van der Waals surface area contributed by atoms with E-state index in [2.05, 4.69) is 10.2 Å². The Morgan fingerprint density at radius 1 is 1.57 bits per heavy atom. The first-order valence-corrected chi connectivity index (χ1v) is 5.38. The highest BCUT2D eigenvalue weighted by atomic mass is 16.4. The fraction of sp³-hybridized carbons (Fsp3) is 0.900. The third-order valence-electron chi connectivity index (χ3n) is 3.53. The van der Waals surface area contributed by atoms with Gasteiger partial charge in [0.2, 0.25) is 0 Å². The van der Waals surface area contributed by atoms with Gasteiger partial charge in [0, 0.05) is 19.1 Å². The van der Waals surface area contributed by atoms with E-state index in [0.717, 1.165) is 19.6 Å². The van der Waals surface area contributed by atoms with Crippen LogP contribution in [-0.2, 0) is 4.79 Å². The summed E-state index contributed by atoms with van der Waals surface area (Å²) in [5, 5.41) is 12.4. The molecule has 2 aliphatic heterocycles. The number of nitrogens with one attached hydrogen (secondary N) is 1. The summed E-state index contributed by atoms with van der Waals surface area (Å²) in [4.78, 5) is 12.9. The molecule has 1 unspecified atom stereocenters. The van der Waals surface area contributed by atoms with E-state index in [-0.39, 0.29) is 6.04 Å². The van der Waals surface area contributed by atoms with Crippen molar-refractivity contribution in [1.29, 1.82) is 0 Å². The van der Waals surface area contributed by atoms with Crippen LogP contribution in [0.15, 0.2) is 0 Å². The van der Waals surface area contributed by atoms with Crippen LogP contribution in [0, 0.1) is 5.92 Å². The molecule has 4 heteroatoms. The molecular weight excluding hydrogens is 180 g/mol. The van der Waals surface area contributed by atoms with Crippen molar-refractivity contribution >= 4 is 5.97 Å². The number of piperidine rings is 1. The Bertz CT molecular complexity index is 218. The number of nitrogens with zero attached hydrogens (tertiary/aromatic N) is 1. The molecule has 3 atom stereocenters. The van der Waals surface area contributed by atoms with Gasteiger partial charge in [-0.1, -0.05) is 0 Å². The Labute approximate surface area is 84.3 Å². The van der Waals surface area contributed by atoms with Gasteiger partial charge < -0.3 is 10.4 Å². The molecule has 0 aromatic heterocycles. The molecule has 4 nitrogen and oxygen atoms in total. The summed E-state index contributed by atoms with van der Waals surface area (Å²) in [6.07, 6.45) is 2.48. The summed E-state index contributed by atoms with van der Waals surface area (Å²) < 4.78 is 0. The number of hydrogen-bond acceptors (Lipinski definition) is 3. The van der Waals surface area contributed by atoms with Crippen molar-refractivity contribution in [2.75, 3.05) is 19.6 Å². The fourth-order valence-corrected chi connectivity index (χ4v) is 2.55. The average molecular weight is 198 g/mol. The monoisotopic (exact) mass is 198 g/mol. The van der Waals surface area contributed by atoms with Gasteiger partial charge in [-0.05, 0) is 32.2 Å². The third-order valence-corrected chi connectivity index (χ3v) is 3.53. The number of hydrogen-bond donors (Lipinski definition) is 2. The van der Waals surface area contributed by atoms with Gasteiger partial charge in [-0.2, -0.15) is 0 Å². The van der Waals surface area contributed by atoms with Crippen molar-refractivity contribution in [3.63, 3.8) is 0 Å². The van der Waals surface area contributed by atoms with Crippen molar-refractivity contribution in [3.05, 3.63) is 0 Å². The molecule has 0 bridgehead atoms. The second kappa shape index (κ2) is 3.87. The first kappa shape index (κ1) is 9.93. The topological polar surface area (TPSA) is 52.6 Å². The van der Waals surface area contributed by atoms with E-state index in [1.54, 1.807) is 6.92 Å². The smallest absolute Gasteiger partial charge is 0.320 e. The molecule has 80 valence electrons. The van der Waals surface area contributed by atoms with Gasteiger partial charge in [0.1, 0.15) is 6.04 Å². The molecule has 0 spiro atoms. The maximum absolute atomic E-state index is 10.8. The Hall–Kier alpha value is -0.610. The molecule has 0 aromatic rings. The summed E-state index contributed by atoms with van der Waals surface area (Å²) in [7, 11) is 0. The zero-order chi connectivity index (χ0) is 10.1. The Morgan fingerprint density at radius 2 is 2.36 bits per heavy atom. The molecule has 2 saturated heterocycles. The summed E-state index contributed by atoms with van der Waals surface area (Å²) in [6.45, 7) is 4.72. The molecule has 0 amide bonds. The predicted molar refractivity (Wildman–Crippen MR) is 53.2 cm³/mol. The van der Waals surface area contributed by atoms with Crippen molar-refractivity contribution < 1.29 is 9.90 Å². The second-order valence-corrected chi connectivity index (χ2v) is 4.43. The zero-order valence-electron chi connectivity index (χ0n) is 8.57. The molecule has 2 N–H and O–H groups in total. The van der Waals surface area contributed by atoms with E-state index in [9.17, 15) is 4.79 Å². The highest BCUT2D eigenvalue weighted by Gasteiger charge is 2.37. The highest BCUT2D eigenvalue weighted by molar-refractivity contribution is 5.72. The lowest BCUT2D eigenvalue weighted by Crippen LogP contribution is -2.42. The quantitative estimate of drug-likeness (QED) is 0.663. The first-order valence-electron chi connectivity index (χ1n) is 5.38. The van der Waals surface area contributed by atoms with E-state index in [1.165, 1.54) is 12.8 Å². The minimum Gasteiger partial charge on any atom is -0.480 e. The lowest BCUT2D eigenvalue weighted by Gasteiger charge is -2.24. The van der Waals surface area contributed by atoms with E-state index in [1.807, 2.05) is 0 Å². The van der Waals surface area contributed by atoms with E-state index in [0.29, 0.717) is 12.0 Å². The van der Waals surface area contributed by atoms with Crippen LogP contribution in [0.1, 0.15) is 19.8 Å². The lowest BCUT2D eigenvalue weighted by atomic mass is 9.94. The van der Waals surface area contributed by atoms with Crippen LogP contribution in [0.5, 0.6) is 0 Å². The van der Waals surface area contributed by atoms with Crippen LogP contribution in [0.4, 0.5) is 0 Å². The summed E-state index contributed by atoms with van der Waals surface area (Å²) in [6, 6.07) is 0.202. The normalized spacial score (nSPS) is 35.2. The molecule has 0 aromatic carbocycles. The van der Waals surface area contributed by atoms with Crippen molar-refractivity contribution in [2.45, 2.75) is 31.8 Å². The van der Waals surface area contributed by atoms with Gasteiger partial charge in [-0.3, -0.25) is 9.69 Å². The van der Waals surface area contributed by atoms with Gasteiger partial charge in [-0.25, -0.2) is 0 Å². The van der Waals surface area contributed by atoms with Gasteiger partial charge in [0.15, 0.2) is 0 Å². The van der Waals surface area contributed by atoms with Gasteiger partial charge >= 0.3 is 5.97 Å². The molecule has 14 heavy (non-hydrogen) atoms. The number of fused-ring (bicyclic) bond motifs is 1. The Kier molecular flexibility index (Phi) is 2.74. The van der Waals surface area contributed by atoms with Crippen LogP contribution in [0.2, 0.25) is 0 Å². The minimum atomic E-state index is -0.705. The second-order valence-electron chi connectivity index (χ2n) is 4.43. The van der Waals surface area contributed by atoms with Gasteiger partial charge in [-0.15, -0.1) is 0 Å². The number of likely N-dealkylation sites (tertiary alicyclic amines) is 1. The minimum absolute atomic E-state index is 0.331. The van der Waals surface area contributed by atoms with E-state index in [4.69, 9.17) is 5.11 Å². The Morgan fingerprint density at radius 3 is 3.00 bits per heavy atom. The summed E-state index contributed by atoms with van der Waals surface area (Å²) >= 11 is 0. The SMILES string of the molecule is CC(C(=O)O)N1C[C@@H]2CCCN[C@@H]2C1. The number of rotatable bonds is 2. The van der Waals surface area contributed by atoms with E-state index < -0.39 is 5.97 Å². The fourth-order valence-electron chi connectivity index (χ4n) is 2.55. The van der Waals surface area contributed by atoms with Gasteiger partial charge in [0.25, 0.3) is 0 Å². The van der Waals surface area contributed by atoms with Crippen molar-refractivity contribution in [1.82, 2.24) is 10.2 Å². The number of aliphatic carboxylic acids is 1. The van der Waals surface area contributed by atoms with Gasteiger partial charge in [0.05, 0.1) is 0 Å². The number of carbonyl (C=O) groups is 1. The van der Waals surface area contributed by atoms with Crippen LogP contribution < -0.4 is 5.32 Å². The number of carboxylic acids is 1. The predicted octanol–water partition coefficient (Wildman–Crippen LogP) is 0.143. The van der Waals surface area contributed by atoms with Crippen LogP contribution >= 0.6 is 0 Å². The van der Waals surface area contributed by atoms with E-state index >= 15 is 0 Å². The molecular formula is C10H18N2O2. The van der Waals surface area contributed by atoms with Crippen molar-refractivity contribution in [2.24, 2.45) is 5.92 Å². The lowest BCUT2D eigenvalue weighted by molar-refractivity contribution is -0.142. The zero-order valence-corrected chi connectivity index (χ0v) is 8.57. The maximum atomic E-state index is 10.8. The molecule has 2 heterocycles.